The molecular weight excluding hydrogens is 423 g/mol. The van der Waals surface area contributed by atoms with Crippen LogP contribution < -0.4 is 4.74 Å². The zero-order valence-corrected chi connectivity index (χ0v) is 19.0. The van der Waals surface area contributed by atoms with Crippen molar-refractivity contribution in [1.82, 2.24) is 4.57 Å². The van der Waals surface area contributed by atoms with Gasteiger partial charge in [-0.05, 0) is 55.2 Å². The molecule has 0 spiro atoms. The Labute approximate surface area is 185 Å². The standard InChI is InChI=1S/C24H28F3NO2S/c1-6-8-18(9-7-2)14-28-17(5)21(15-29)22(16(3)4)23(28)31-20-12-10-19(11-13-20)30-24(25,26)27/h6-13,16,29H,1,14-15H2,2-5H3/b9-7-,18-8+. The van der Waals surface area contributed by atoms with Gasteiger partial charge in [0.05, 0.1) is 11.6 Å². The molecule has 0 unspecified atom stereocenters. The van der Waals surface area contributed by atoms with Crippen LogP contribution in [0.25, 0.3) is 0 Å². The number of halogens is 3. The van der Waals surface area contributed by atoms with Crippen LogP contribution in [0.5, 0.6) is 5.75 Å². The maximum absolute atomic E-state index is 12.4. The number of alkyl halides is 3. The molecule has 7 heteroatoms. The van der Waals surface area contributed by atoms with E-state index in [9.17, 15) is 18.3 Å². The molecule has 0 bridgehead atoms. The zero-order valence-electron chi connectivity index (χ0n) is 18.2. The molecule has 0 saturated heterocycles. The van der Waals surface area contributed by atoms with Gasteiger partial charge >= 0.3 is 6.36 Å². The molecule has 0 aliphatic heterocycles. The van der Waals surface area contributed by atoms with E-state index in [0.29, 0.717) is 6.54 Å². The molecule has 1 aromatic heterocycles. The predicted molar refractivity (Wildman–Crippen MR) is 120 cm³/mol. The summed E-state index contributed by atoms with van der Waals surface area (Å²) in [6.07, 6.45) is 2.91. The quantitative estimate of drug-likeness (QED) is 0.411. The molecule has 0 fully saturated rings. The number of aromatic nitrogens is 1. The minimum absolute atomic E-state index is 0.0810. The average molecular weight is 452 g/mol. The molecule has 1 heterocycles. The second-order valence-corrected chi connectivity index (χ2v) is 8.34. The van der Waals surface area contributed by atoms with Gasteiger partial charge in [0, 0.05) is 22.7 Å². The van der Waals surface area contributed by atoms with Crippen LogP contribution in [-0.4, -0.2) is 16.0 Å². The van der Waals surface area contributed by atoms with E-state index in [4.69, 9.17) is 0 Å². The van der Waals surface area contributed by atoms with E-state index in [2.05, 4.69) is 29.7 Å². The van der Waals surface area contributed by atoms with E-state index in [1.165, 1.54) is 23.9 Å². The summed E-state index contributed by atoms with van der Waals surface area (Å²) >= 11 is 1.46. The second-order valence-electron chi connectivity index (χ2n) is 7.28. The first-order chi connectivity index (χ1) is 14.6. The maximum atomic E-state index is 12.4. The van der Waals surface area contributed by atoms with Gasteiger partial charge in [-0.2, -0.15) is 0 Å². The van der Waals surface area contributed by atoms with Crippen LogP contribution in [0.4, 0.5) is 13.2 Å². The molecule has 168 valence electrons. The lowest BCUT2D eigenvalue weighted by Crippen LogP contribution is -2.16. The topological polar surface area (TPSA) is 34.4 Å². The van der Waals surface area contributed by atoms with E-state index >= 15 is 0 Å². The summed E-state index contributed by atoms with van der Waals surface area (Å²) in [6, 6.07) is 5.82. The normalized spacial score (nSPS) is 12.7. The van der Waals surface area contributed by atoms with Crippen LogP contribution in [0, 0.1) is 6.92 Å². The molecule has 3 nitrogen and oxygen atoms in total. The number of ether oxygens (including phenoxy) is 1. The molecular formula is C24H28F3NO2S. The van der Waals surface area contributed by atoms with Gasteiger partial charge in [0.25, 0.3) is 0 Å². The molecule has 2 aromatic rings. The van der Waals surface area contributed by atoms with Crippen molar-refractivity contribution >= 4 is 11.8 Å². The lowest BCUT2D eigenvalue weighted by molar-refractivity contribution is -0.274. The van der Waals surface area contributed by atoms with Crippen molar-refractivity contribution < 1.29 is 23.0 Å². The number of rotatable bonds is 9. The van der Waals surface area contributed by atoms with Crippen molar-refractivity contribution in [2.75, 3.05) is 0 Å². The van der Waals surface area contributed by atoms with E-state index < -0.39 is 6.36 Å². The van der Waals surface area contributed by atoms with Gasteiger partial charge in [0.2, 0.25) is 0 Å². The highest BCUT2D eigenvalue weighted by Gasteiger charge is 2.31. The number of aliphatic hydroxyl groups excluding tert-OH is 1. The Morgan fingerprint density at radius 3 is 2.39 bits per heavy atom. The largest absolute Gasteiger partial charge is 0.573 e. The smallest absolute Gasteiger partial charge is 0.406 e. The molecule has 1 N–H and O–H groups in total. The molecule has 2 rings (SSSR count). The molecule has 0 aliphatic carbocycles. The lowest BCUT2D eigenvalue weighted by atomic mass is 10.0. The second kappa shape index (κ2) is 10.8. The van der Waals surface area contributed by atoms with Gasteiger partial charge in [-0.15, -0.1) is 13.2 Å². The number of hydrogen-bond acceptors (Lipinski definition) is 3. The van der Waals surface area contributed by atoms with E-state index in [0.717, 1.165) is 32.3 Å². The summed E-state index contributed by atoms with van der Waals surface area (Å²) in [4.78, 5) is 0.778. The molecule has 31 heavy (non-hydrogen) atoms. The Balaban J connectivity index is 2.51. The molecule has 0 atom stereocenters. The Kier molecular flexibility index (Phi) is 8.65. The van der Waals surface area contributed by atoms with E-state index in [1.807, 2.05) is 32.1 Å². The number of aliphatic hydroxyl groups is 1. The Morgan fingerprint density at radius 2 is 1.90 bits per heavy atom. The van der Waals surface area contributed by atoms with Crippen molar-refractivity contribution in [2.45, 2.75) is 63.0 Å². The third kappa shape index (κ3) is 6.55. The highest BCUT2D eigenvalue weighted by molar-refractivity contribution is 7.99. The van der Waals surface area contributed by atoms with Gasteiger partial charge < -0.3 is 14.4 Å². The SMILES string of the molecule is C=C/C=C(\C=C/C)Cn1c(C)c(CO)c(C(C)C)c1Sc1ccc(OC(F)(F)F)cc1. The molecule has 0 amide bonds. The van der Waals surface area contributed by atoms with Crippen LogP contribution >= 0.6 is 11.8 Å². The number of nitrogens with zero attached hydrogens (tertiary/aromatic N) is 1. The van der Waals surface area contributed by atoms with Gasteiger partial charge in [-0.25, -0.2) is 0 Å². The summed E-state index contributed by atoms with van der Waals surface area (Å²) in [6.45, 7) is 12.3. The van der Waals surface area contributed by atoms with Crippen molar-refractivity contribution in [3.63, 3.8) is 0 Å². The van der Waals surface area contributed by atoms with Crippen molar-refractivity contribution in [1.29, 1.82) is 0 Å². The van der Waals surface area contributed by atoms with Gasteiger partial charge in [-0.1, -0.05) is 56.5 Å². The minimum Gasteiger partial charge on any atom is -0.406 e. The summed E-state index contributed by atoms with van der Waals surface area (Å²) in [5.41, 5.74) is 3.93. The van der Waals surface area contributed by atoms with E-state index in [1.54, 1.807) is 18.2 Å². The van der Waals surface area contributed by atoms with Crippen molar-refractivity contribution in [2.24, 2.45) is 0 Å². The molecule has 0 saturated carbocycles. The number of allylic oxidation sites excluding steroid dienone is 5. The van der Waals surface area contributed by atoms with Crippen LogP contribution in [0.1, 0.15) is 43.5 Å². The molecule has 0 aliphatic rings. The highest BCUT2D eigenvalue weighted by Crippen LogP contribution is 2.40. The van der Waals surface area contributed by atoms with Crippen molar-refractivity contribution in [3.05, 3.63) is 77.5 Å². The fourth-order valence-electron chi connectivity index (χ4n) is 3.41. The molecule has 1 aromatic carbocycles. The van der Waals surface area contributed by atoms with Crippen LogP contribution in [-0.2, 0) is 13.2 Å². The third-order valence-corrected chi connectivity index (χ3v) is 5.84. The summed E-state index contributed by atoms with van der Waals surface area (Å²) in [7, 11) is 0. The van der Waals surface area contributed by atoms with Gasteiger partial charge in [0.1, 0.15) is 5.75 Å². The van der Waals surface area contributed by atoms with Gasteiger partial charge in [-0.3, -0.25) is 0 Å². The fourth-order valence-corrected chi connectivity index (χ4v) is 4.69. The third-order valence-electron chi connectivity index (χ3n) is 4.70. The Bertz CT molecular complexity index is 955. The summed E-state index contributed by atoms with van der Waals surface area (Å²) in [5.74, 6) is -0.0983. The fraction of sp³-hybridized carbons (Fsp3) is 0.333. The van der Waals surface area contributed by atoms with E-state index in [-0.39, 0.29) is 18.3 Å². The molecule has 0 radical (unpaired) electrons. The first-order valence-electron chi connectivity index (χ1n) is 9.91. The Morgan fingerprint density at radius 1 is 1.26 bits per heavy atom. The van der Waals surface area contributed by atoms with Crippen LogP contribution in [0.2, 0.25) is 0 Å². The number of hydrogen-bond donors (Lipinski definition) is 1. The first-order valence-corrected chi connectivity index (χ1v) is 10.7. The van der Waals surface area contributed by atoms with Gasteiger partial charge in [0.15, 0.2) is 0 Å². The summed E-state index contributed by atoms with van der Waals surface area (Å²) in [5, 5.41) is 11.0. The Hall–Kier alpha value is -2.38. The van der Waals surface area contributed by atoms with Crippen molar-refractivity contribution in [3.8, 4) is 5.75 Å². The predicted octanol–water partition coefficient (Wildman–Crippen LogP) is 7.15. The lowest BCUT2D eigenvalue weighted by Gasteiger charge is -2.15. The summed E-state index contributed by atoms with van der Waals surface area (Å²) < 4.78 is 43.4. The first kappa shape index (κ1) is 24.9. The number of benzene rings is 1. The van der Waals surface area contributed by atoms with Crippen LogP contribution in [0.3, 0.4) is 0 Å². The minimum atomic E-state index is -4.72. The highest BCUT2D eigenvalue weighted by atomic mass is 32.2. The zero-order chi connectivity index (χ0) is 23.2. The van der Waals surface area contributed by atoms with Crippen LogP contribution in [0.15, 0.2) is 70.6 Å². The maximum Gasteiger partial charge on any atom is 0.573 e. The monoisotopic (exact) mass is 451 g/mol. The average Bonchev–Trinajstić information content (AvgIpc) is 2.94.